The molecule has 0 aromatic carbocycles. The zero-order chi connectivity index (χ0) is 9.84. The normalized spacial score (nSPS) is 9.31. The van der Waals surface area contributed by atoms with Gasteiger partial charge < -0.3 is 4.90 Å². The fraction of sp³-hybridized carbons (Fsp3) is 0.333. The van der Waals surface area contributed by atoms with Crippen LogP contribution in [-0.4, -0.2) is 34.7 Å². The molecule has 0 fully saturated rings. The lowest BCUT2D eigenvalue weighted by atomic mass is 10.4. The molecular formula is C9H11N3O. The quantitative estimate of drug-likeness (QED) is 0.594. The van der Waals surface area contributed by atoms with E-state index in [-0.39, 0.29) is 12.5 Å². The molecule has 1 aromatic heterocycles. The second kappa shape index (κ2) is 3.76. The summed E-state index contributed by atoms with van der Waals surface area (Å²) in [6.45, 7) is 0.231. The molecule has 1 heterocycles. The Labute approximate surface area is 77.1 Å². The van der Waals surface area contributed by atoms with Crippen LogP contribution < -0.4 is 0 Å². The molecule has 0 atom stereocenters. The van der Waals surface area contributed by atoms with Crippen molar-refractivity contribution in [3.05, 3.63) is 18.0 Å². The first-order valence-corrected chi connectivity index (χ1v) is 3.82. The molecule has 1 amide bonds. The van der Waals surface area contributed by atoms with Gasteiger partial charge in [0.15, 0.2) is 0 Å². The molecule has 4 heteroatoms. The number of rotatable bonds is 2. The van der Waals surface area contributed by atoms with E-state index in [0.29, 0.717) is 5.56 Å². The highest BCUT2D eigenvalue weighted by Crippen LogP contribution is 1.95. The van der Waals surface area contributed by atoms with E-state index in [2.05, 4.69) is 11.0 Å². The smallest absolute Gasteiger partial charge is 0.243 e. The predicted octanol–water partition coefficient (Wildman–Crippen LogP) is -0.0474. The molecule has 0 spiro atoms. The Morgan fingerprint density at radius 3 is 2.92 bits per heavy atom. The van der Waals surface area contributed by atoms with Crippen LogP contribution in [0.3, 0.4) is 0 Å². The molecule has 0 radical (unpaired) electrons. The Kier molecular flexibility index (Phi) is 2.70. The van der Waals surface area contributed by atoms with Gasteiger partial charge in [-0.2, -0.15) is 5.10 Å². The Morgan fingerprint density at radius 1 is 1.77 bits per heavy atom. The lowest BCUT2D eigenvalue weighted by Crippen LogP contribution is -2.26. The summed E-state index contributed by atoms with van der Waals surface area (Å²) in [6, 6.07) is 0. The van der Waals surface area contributed by atoms with Crippen LogP contribution in [0, 0.1) is 12.3 Å². The van der Waals surface area contributed by atoms with Gasteiger partial charge in [-0.1, -0.05) is 5.92 Å². The van der Waals surface area contributed by atoms with Gasteiger partial charge in [0, 0.05) is 20.3 Å². The van der Waals surface area contributed by atoms with Gasteiger partial charge in [0.25, 0.3) is 0 Å². The molecule has 0 aliphatic carbocycles. The van der Waals surface area contributed by atoms with Gasteiger partial charge in [0.2, 0.25) is 5.91 Å². The summed E-state index contributed by atoms with van der Waals surface area (Å²) in [4.78, 5) is 12.7. The van der Waals surface area contributed by atoms with Crippen molar-refractivity contribution in [2.24, 2.45) is 0 Å². The maximum Gasteiger partial charge on any atom is 0.243 e. The topological polar surface area (TPSA) is 38.1 Å². The maximum absolute atomic E-state index is 11.2. The van der Waals surface area contributed by atoms with Crippen molar-refractivity contribution in [3.8, 4) is 12.3 Å². The highest BCUT2D eigenvalue weighted by atomic mass is 16.2. The van der Waals surface area contributed by atoms with E-state index in [1.807, 2.05) is 0 Å². The molecule has 1 aromatic rings. The lowest BCUT2D eigenvalue weighted by molar-refractivity contribution is -0.129. The highest BCUT2D eigenvalue weighted by Gasteiger charge is 2.05. The summed E-state index contributed by atoms with van der Waals surface area (Å²) >= 11 is 0. The highest BCUT2D eigenvalue weighted by molar-refractivity contribution is 5.75. The average Bonchev–Trinajstić information content (AvgIpc) is 2.52. The average molecular weight is 177 g/mol. The number of carbonyl (C=O) groups excluding carboxylic acids is 1. The summed E-state index contributed by atoms with van der Waals surface area (Å²) in [5, 5.41) is 3.94. The van der Waals surface area contributed by atoms with Crippen LogP contribution in [0.2, 0.25) is 0 Å². The van der Waals surface area contributed by atoms with E-state index < -0.39 is 0 Å². The minimum absolute atomic E-state index is 0.00771. The Balaban J connectivity index is 2.65. The molecule has 0 saturated heterocycles. The third kappa shape index (κ3) is 2.34. The maximum atomic E-state index is 11.2. The van der Waals surface area contributed by atoms with Crippen LogP contribution >= 0.6 is 0 Å². The van der Waals surface area contributed by atoms with Gasteiger partial charge in [-0.15, -0.1) is 6.42 Å². The summed E-state index contributed by atoms with van der Waals surface area (Å²) in [5.74, 6) is 2.43. The standard InChI is InChI=1S/C9H11N3O/c1-4-8-5-10-12(6-8)7-9(13)11(2)3/h1,5-6H,7H2,2-3H3. The number of hydrogen-bond donors (Lipinski definition) is 0. The number of aromatic nitrogens is 2. The van der Waals surface area contributed by atoms with Crippen molar-refractivity contribution in [1.29, 1.82) is 0 Å². The second-order valence-corrected chi connectivity index (χ2v) is 2.86. The molecule has 0 bridgehead atoms. The Hall–Kier alpha value is -1.76. The molecule has 4 nitrogen and oxygen atoms in total. The first-order valence-electron chi connectivity index (χ1n) is 3.82. The fourth-order valence-corrected chi connectivity index (χ4v) is 0.805. The van der Waals surface area contributed by atoms with E-state index in [1.54, 1.807) is 26.5 Å². The van der Waals surface area contributed by atoms with Gasteiger partial charge in [-0.05, 0) is 0 Å². The predicted molar refractivity (Wildman–Crippen MR) is 48.9 cm³/mol. The zero-order valence-electron chi connectivity index (χ0n) is 7.69. The molecule has 0 aliphatic rings. The van der Waals surface area contributed by atoms with Crippen LogP contribution in [0.5, 0.6) is 0 Å². The van der Waals surface area contributed by atoms with Gasteiger partial charge in [-0.25, -0.2) is 0 Å². The van der Waals surface area contributed by atoms with Crippen LogP contribution in [0.4, 0.5) is 0 Å². The lowest BCUT2D eigenvalue weighted by Gasteiger charge is -2.09. The number of nitrogens with zero attached hydrogens (tertiary/aromatic N) is 3. The van der Waals surface area contributed by atoms with Crippen LogP contribution in [0.1, 0.15) is 5.56 Å². The SMILES string of the molecule is C#Cc1cnn(CC(=O)N(C)C)c1. The number of hydrogen-bond acceptors (Lipinski definition) is 2. The third-order valence-corrected chi connectivity index (χ3v) is 1.60. The van der Waals surface area contributed by atoms with Gasteiger partial charge in [0.1, 0.15) is 6.54 Å². The summed E-state index contributed by atoms with van der Waals surface area (Å²) in [6.07, 6.45) is 8.38. The number of carbonyl (C=O) groups is 1. The van der Waals surface area contributed by atoms with E-state index in [9.17, 15) is 4.79 Å². The number of terminal acetylenes is 1. The van der Waals surface area contributed by atoms with Crippen molar-refractivity contribution in [1.82, 2.24) is 14.7 Å². The summed E-state index contributed by atoms with van der Waals surface area (Å²) < 4.78 is 1.53. The first-order chi connectivity index (χ1) is 6.13. The van der Waals surface area contributed by atoms with E-state index in [1.165, 1.54) is 9.58 Å². The second-order valence-electron chi connectivity index (χ2n) is 2.86. The minimum Gasteiger partial charge on any atom is -0.347 e. The molecule has 0 saturated carbocycles. The molecule has 68 valence electrons. The molecule has 13 heavy (non-hydrogen) atoms. The van der Waals surface area contributed by atoms with Crippen molar-refractivity contribution >= 4 is 5.91 Å². The Bertz CT molecular complexity index is 346. The largest absolute Gasteiger partial charge is 0.347 e. The van der Waals surface area contributed by atoms with Crippen LogP contribution in [0.15, 0.2) is 12.4 Å². The van der Waals surface area contributed by atoms with E-state index >= 15 is 0 Å². The minimum atomic E-state index is -0.00771. The summed E-state index contributed by atoms with van der Waals surface area (Å²) in [7, 11) is 3.40. The van der Waals surface area contributed by atoms with Gasteiger partial charge in [-0.3, -0.25) is 9.48 Å². The van der Waals surface area contributed by atoms with E-state index in [4.69, 9.17) is 6.42 Å². The molecular weight excluding hydrogens is 166 g/mol. The number of likely N-dealkylation sites (N-methyl/N-ethyl adjacent to an activating group) is 1. The van der Waals surface area contributed by atoms with Crippen LogP contribution in [0.25, 0.3) is 0 Å². The number of amides is 1. The molecule has 1 rings (SSSR count). The molecule has 0 N–H and O–H groups in total. The van der Waals surface area contributed by atoms with Crippen molar-refractivity contribution in [3.63, 3.8) is 0 Å². The van der Waals surface area contributed by atoms with Crippen molar-refractivity contribution in [2.75, 3.05) is 14.1 Å². The van der Waals surface area contributed by atoms with Crippen LogP contribution in [-0.2, 0) is 11.3 Å². The van der Waals surface area contributed by atoms with Crippen molar-refractivity contribution in [2.45, 2.75) is 6.54 Å². The fourth-order valence-electron chi connectivity index (χ4n) is 0.805. The van der Waals surface area contributed by atoms with Gasteiger partial charge in [0.05, 0.1) is 11.8 Å². The van der Waals surface area contributed by atoms with Crippen molar-refractivity contribution < 1.29 is 4.79 Å². The summed E-state index contributed by atoms with van der Waals surface area (Å²) in [5.41, 5.74) is 0.687. The monoisotopic (exact) mass is 177 g/mol. The molecule has 0 aliphatic heterocycles. The molecule has 0 unspecified atom stereocenters. The first kappa shape index (κ1) is 9.33. The van der Waals surface area contributed by atoms with Gasteiger partial charge >= 0.3 is 0 Å². The zero-order valence-corrected chi connectivity index (χ0v) is 7.69. The van der Waals surface area contributed by atoms with E-state index in [0.717, 1.165) is 0 Å². The third-order valence-electron chi connectivity index (χ3n) is 1.60. The Morgan fingerprint density at radius 2 is 2.46 bits per heavy atom.